The predicted molar refractivity (Wildman–Crippen MR) is 111 cm³/mol. The molecule has 1 aromatic heterocycles. The van der Waals surface area contributed by atoms with Crippen LogP contribution < -0.4 is 18.9 Å². The van der Waals surface area contributed by atoms with E-state index in [1.165, 1.54) is 15.6 Å². The average Bonchev–Trinajstić information content (AvgIpc) is 3.39. The molecule has 0 fully saturated rings. The number of aryl methyl sites for hydroxylation is 1. The Labute approximate surface area is 167 Å². The van der Waals surface area contributed by atoms with E-state index in [4.69, 9.17) is 13.9 Å². The summed E-state index contributed by atoms with van der Waals surface area (Å²) in [5.74, 6) is 2.50. The molecule has 2 aliphatic rings. The first-order valence-electron chi connectivity index (χ1n) is 9.47. The first-order valence-corrected chi connectivity index (χ1v) is 10.3. The number of fused-ring (bicyclic) bond motifs is 3. The Balaban J connectivity index is 1.45. The molecule has 2 aromatic carbocycles. The van der Waals surface area contributed by atoms with Gasteiger partial charge in [0.15, 0.2) is 11.5 Å². The van der Waals surface area contributed by atoms with E-state index in [-0.39, 0.29) is 0 Å². The van der Waals surface area contributed by atoms with Crippen LogP contribution in [0.2, 0.25) is 0 Å². The van der Waals surface area contributed by atoms with Gasteiger partial charge in [0.2, 0.25) is 12.4 Å². The number of ether oxygens (including phenoxy) is 2. The second-order valence-electron chi connectivity index (χ2n) is 6.54. The molecular weight excluding hydrogens is 372 g/mol. The Kier molecular flexibility index (Phi) is 4.28. The largest absolute Gasteiger partial charge is 0.454 e. The van der Waals surface area contributed by atoms with Crippen LogP contribution in [0.5, 0.6) is 11.5 Å². The Morgan fingerprint density at radius 1 is 1.14 bits per heavy atom. The van der Waals surface area contributed by atoms with Crippen LogP contribution in [-0.2, 0) is 6.54 Å². The monoisotopic (exact) mass is 393 g/mol. The van der Waals surface area contributed by atoms with Gasteiger partial charge in [-0.3, -0.25) is 0 Å². The number of anilines is 1. The number of benzene rings is 2. The quantitative estimate of drug-likeness (QED) is 0.586. The zero-order chi connectivity index (χ0) is 19.1. The molecule has 0 bridgehead atoms. The second kappa shape index (κ2) is 6.95. The van der Waals surface area contributed by atoms with Crippen molar-refractivity contribution in [2.45, 2.75) is 25.3 Å². The second-order valence-corrected chi connectivity index (χ2v) is 7.60. The molecule has 0 spiro atoms. The van der Waals surface area contributed by atoms with E-state index in [1.807, 2.05) is 24.3 Å². The van der Waals surface area contributed by atoms with Crippen LogP contribution in [0.15, 0.2) is 62.9 Å². The third-order valence-electron chi connectivity index (χ3n) is 4.97. The van der Waals surface area contributed by atoms with Gasteiger partial charge in [-0.2, -0.15) is 4.57 Å². The molecule has 0 aliphatic carbocycles. The van der Waals surface area contributed by atoms with Gasteiger partial charge in [0.1, 0.15) is 6.54 Å². The SMILES string of the molecule is CCN1/C(=C/C=C/c2oc3ccccc3[n+]2CC)Sc2cc3c(cc21)OCO3. The van der Waals surface area contributed by atoms with E-state index in [1.54, 1.807) is 11.8 Å². The molecule has 5 rings (SSSR count). The summed E-state index contributed by atoms with van der Waals surface area (Å²) in [5.41, 5.74) is 3.19. The van der Waals surface area contributed by atoms with Crippen molar-refractivity contribution in [2.24, 2.45) is 0 Å². The molecule has 0 unspecified atom stereocenters. The highest BCUT2D eigenvalue weighted by Crippen LogP contribution is 2.51. The minimum atomic E-state index is 0.301. The van der Waals surface area contributed by atoms with Gasteiger partial charge < -0.3 is 18.8 Å². The summed E-state index contributed by atoms with van der Waals surface area (Å²) >= 11 is 1.75. The molecule has 2 aliphatic heterocycles. The zero-order valence-electron chi connectivity index (χ0n) is 15.8. The molecule has 28 heavy (non-hydrogen) atoms. The van der Waals surface area contributed by atoms with Gasteiger partial charge >= 0.3 is 5.89 Å². The summed E-state index contributed by atoms with van der Waals surface area (Å²) in [6.07, 6.45) is 6.22. The van der Waals surface area contributed by atoms with Crippen LogP contribution in [0.1, 0.15) is 19.7 Å². The van der Waals surface area contributed by atoms with E-state index >= 15 is 0 Å². The van der Waals surface area contributed by atoms with Gasteiger partial charge in [-0.25, -0.2) is 0 Å². The van der Waals surface area contributed by atoms with Crippen LogP contribution in [0, 0.1) is 0 Å². The number of hydrogen-bond donors (Lipinski definition) is 0. The standard InChI is InChI=1S/C22H21N2O3S/c1-3-23-15-8-5-6-9-17(15)27-21(23)10-7-11-22-24(4-2)16-12-18-19(26-14-25-18)13-20(16)28-22/h5-13H,3-4,14H2,1-2H3/q+1. The van der Waals surface area contributed by atoms with E-state index in [9.17, 15) is 0 Å². The van der Waals surface area contributed by atoms with Crippen molar-refractivity contribution < 1.29 is 18.5 Å². The maximum atomic E-state index is 6.02. The Hall–Kier alpha value is -2.86. The lowest BCUT2D eigenvalue weighted by Gasteiger charge is -2.17. The summed E-state index contributed by atoms with van der Waals surface area (Å²) in [6, 6.07) is 12.3. The molecule has 0 saturated heterocycles. The lowest BCUT2D eigenvalue weighted by Crippen LogP contribution is -2.33. The molecular formula is C22H21N2O3S+. The van der Waals surface area contributed by atoms with Crippen molar-refractivity contribution in [3.63, 3.8) is 0 Å². The Bertz CT molecular complexity index is 1120. The third-order valence-corrected chi connectivity index (χ3v) is 6.08. The lowest BCUT2D eigenvalue weighted by atomic mass is 10.2. The highest BCUT2D eigenvalue weighted by molar-refractivity contribution is 8.03. The van der Waals surface area contributed by atoms with Gasteiger partial charge in [-0.15, -0.1) is 0 Å². The Morgan fingerprint density at radius 3 is 2.79 bits per heavy atom. The van der Waals surface area contributed by atoms with Gasteiger partial charge in [0.25, 0.3) is 5.52 Å². The smallest absolute Gasteiger partial charge is 0.374 e. The maximum absolute atomic E-state index is 6.02. The van der Waals surface area contributed by atoms with E-state index in [0.717, 1.165) is 41.6 Å². The van der Waals surface area contributed by atoms with Crippen molar-refractivity contribution in [2.75, 3.05) is 18.2 Å². The molecule has 0 radical (unpaired) electrons. The molecule has 3 heterocycles. The van der Waals surface area contributed by atoms with Crippen LogP contribution in [0.4, 0.5) is 5.69 Å². The lowest BCUT2D eigenvalue weighted by molar-refractivity contribution is -0.674. The van der Waals surface area contributed by atoms with Crippen molar-refractivity contribution in [1.29, 1.82) is 0 Å². The van der Waals surface area contributed by atoms with Gasteiger partial charge in [-0.05, 0) is 32.1 Å². The minimum absolute atomic E-state index is 0.301. The third kappa shape index (κ3) is 2.76. The van der Waals surface area contributed by atoms with Gasteiger partial charge in [0.05, 0.1) is 16.8 Å². The summed E-state index contributed by atoms with van der Waals surface area (Å²) < 4.78 is 19.3. The van der Waals surface area contributed by atoms with Crippen molar-refractivity contribution in [3.8, 4) is 11.5 Å². The summed E-state index contributed by atoms with van der Waals surface area (Å²) in [6.45, 7) is 6.33. The highest BCUT2D eigenvalue weighted by atomic mass is 32.2. The number of allylic oxidation sites excluding steroid dienone is 2. The molecule has 0 amide bonds. The fraction of sp³-hybridized carbons (Fsp3) is 0.227. The average molecular weight is 393 g/mol. The molecule has 3 aromatic rings. The Morgan fingerprint density at radius 2 is 1.96 bits per heavy atom. The molecule has 6 heteroatoms. The fourth-order valence-corrected chi connectivity index (χ4v) is 4.81. The molecule has 5 nitrogen and oxygen atoms in total. The number of thioether (sulfide) groups is 1. The zero-order valence-corrected chi connectivity index (χ0v) is 16.7. The normalized spacial score (nSPS) is 16.6. The van der Waals surface area contributed by atoms with Crippen molar-refractivity contribution in [3.05, 3.63) is 59.5 Å². The van der Waals surface area contributed by atoms with E-state index < -0.39 is 0 Å². The minimum Gasteiger partial charge on any atom is -0.454 e. The summed E-state index contributed by atoms with van der Waals surface area (Å²) in [7, 11) is 0. The summed E-state index contributed by atoms with van der Waals surface area (Å²) in [4.78, 5) is 3.48. The molecule has 0 N–H and O–H groups in total. The first-order chi connectivity index (χ1) is 13.8. The predicted octanol–water partition coefficient (Wildman–Crippen LogP) is 4.96. The van der Waals surface area contributed by atoms with Crippen molar-refractivity contribution >= 4 is 34.6 Å². The number of hydrogen-bond acceptors (Lipinski definition) is 5. The van der Waals surface area contributed by atoms with Crippen LogP contribution >= 0.6 is 11.8 Å². The molecule has 0 atom stereocenters. The number of rotatable bonds is 4. The number of aromatic nitrogens is 1. The van der Waals surface area contributed by atoms with Crippen molar-refractivity contribution in [1.82, 2.24) is 0 Å². The van der Waals surface area contributed by atoms with E-state index in [0.29, 0.717) is 6.79 Å². The van der Waals surface area contributed by atoms with Gasteiger partial charge in [-0.1, -0.05) is 23.9 Å². The topological polar surface area (TPSA) is 38.7 Å². The number of nitrogens with zero attached hydrogens (tertiary/aromatic N) is 2. The maximum Gasteiger partial charge on any atom is 0.374 e. The van der Waals surface area contributed by atoms with Crippen LogP contribution in [0.25, 0.3) is 17.2 Å². The summed E-state index contributed by atoms with van der Waals surface area (Å²) in [5, 5.41) is 1.18. The molecule has 142 valence electrons. The highest BCUT2D eigenvalue weighted by Gasteiger charge is 2.28. The number of para-hydroxylation sites is 2. The van der Waals surface area contributed by atoms with Crippen LogP contribution in [0.3, 0.4) is 0 Å². The molecule has 0 saturated carbocycles. The van der Waals surface area contributed by atoms with Gasteiger partial charge in [0, 0.05) is 29.6 Å². The number of oxazole rings is 1. The fourth-order valence-electron chi connectivity index (χ4n) is 3.66. The first kappa shape index (κ1) is 17.3. The van der Waals surface area contributed by atoms with E-state index in [2.05, 4.69) is 53.7 Å². The van der Waals surface area contributed by atoms with Crippen LogP contribution in [-0.4, -0.2) is 13.3 Å².